The van der Waals surface area contributed by atoms with E-state index in [1.807, 2.05) is 0 Å². The molecule has 5 aromatic rings. The lowest BCUT2D eigenvalue weighted by Crippen LogP contribution is -1.96. The minimum Gasteiger partial charge on any atom is -0.308 e. The molecule has 0 spiro atoms. The third-order valence-corrected chi connectivity index (χ3v) is 5.33. The maximum atomic E-state index is 2.43. The van der Waals surface area contributed by atoms with Crippen LogP contribution in [0.2, 0.25) is 0 Å². The Balaban J connectivity index is 1.99. The van der Waals surface area contributed by atoms with Crippen molar-refractivity contribution < 1.29 is 0 Å². The molecule has 1 heteroatoms. The minimum absolute atomic E-state index is 1.25. The molecule has 0 N–H and O–H groups in total. The highest BCUT2D eigenvalue weighted by Gasteiger charge is 2.19. The Bertz CT molecular complexity index is 1330. The topological polar surface area (TPSA) is 4.93 Å². The summed E-state index contributed by atoms with van der Waals surface area (Å²) in [5.74, 6) is 0. The Morgan fingerprint density at radius 3 is 2.32 bits per heavy atom. The zero-order valence-corrected chi connectivity index (χ0v) is 13.6. The fourth-order valence-corrected chi connectivity index (χ4v) is 4.25. The van der Waals surface area contributed by atoms with E-state index in [-0.39, 0.29) is 0 Å². The number of para-hydroxylation sites is 2. The van der Waals surface area contributed by atoms with Crippen molar-refractivity contribution in [2.24, 2.45) is 0 Å². The lowest BCUT2D eigenvalue weighted by Gasteiger charge is -2.11. The second-order valence-corrected chi connectivity index (χ2v) is 6.65. The van der Waals surface area contributed by atoms with E-state index >= 15 is 0 Å². The lowest BCUT2D eigenvalue weighted by molar-refractivity contribution is 1.18. The van der Waals surface area contributed by atoms with Crippen LogP contribution in [0.15, 0.2) is 78.9 Å². The molecule has 0 saturated carbocycles. The fourth-order valence-electron chi connectivity index (χ4n) is 4.25. The molecule has 0 aliphatic carbocycles. The summed E-state index contributed by atoms with van der Waals surface area (Å²) < 4.78 is 2.43. The van der Waals surface area contributed by atoms with Gasteiger partial charge in [-0.3, -0.25) is 0 Å². The van der Waals surface area contributed by atoms with E-state index < -0.39 is 0 Å². The Morgan fingerprint density at radius 2 is 1.36 bits per heavy atom. The van der Waals surface area contributed by atoms with Crippen LogP contribution in [-0.4, -0.2) is 4.57 Å². The predicted octanol–water partition coefficient (Wildman–Crippen LogP) is 6.42. The van der Waals surface area contributed by atoms with Crippen LogP contribution in [0.5, 0.6) is 0 Å². The van der Waals surface area contributed by atoms with Gasteiger partial charge in [-0.05, 0) is 34.5 Å². The van der Waals surface area contributed by atoms with Gasteiger partial charge in [-0.2, -0.15) is 0 Å². The molecule has 0 radical (unpaired) electrons. The molecule has 0 bridgehead atoms. The van der Waals surface area contributed by atoms with E-state index in [0.29, 0.717) is 0 Å². The summed E-state index contributed by atoms with van der Waals surface area (Å²) in [5.41, 5.74) is 6.39. The molecule has 0 fully saturated rings. The summed E-state index contributed by atoms with van der Waals surface area (Å²) >= 11 is 0. The third-order valence-electron chi connectivity index (χ3n) is 5.33. The van der Waals surface area contributed by atoms with Crippen molar-refractivity contribution in [1.82, 2.24) is 4.57 Å². The van der Waals surface area contributed by atoms with Gasteiger partial charge >= 0.3 is 0 Å². The molecule has 1 aliphatic heterocycles. The molecule has 4 aromatic carbocycles. The standard InChI is InChI=1S/C24H15N/c1-3-9-18-17(8-1)15-21-19-10-4-6-12-23(19)25-22-11-5-2-7-16(22)13-14-20(18)24(21)25/h1-15H. The first-order valence-electron chi connectivity index (χ1n) is 8.64. The number of benzene rings is 4. The van der Waals surface area contributed by atoms with Gasteiger partial charge in [0.25, 0.3) is 0 Å². The smallest absolute Gasteiger partial charge is 0.0620 e. The van der Waals surface area contributed by atoms with Crippen LogP contribution >= 0.6 is 0 Å². The van der Waals surface area contributed by atoms with E-state index in [1.54, 1.807) is 0 Å². The normalized spacial score (nSPS) is 12.6. The SMILES string of the molecule is C1=Cc2c3ccccc3cc3c4ccccc4n(c23)-c2ccccc21. The highest BCUT2D eigenvalue weighted by molar-refractivity contribution is 6.18. The molecule has 25 heavy (non-hydrogen) atoms. The van der Waals surface area contributed by atoms with Gasteiger partial charge in [0.2, 0.25) is 0 Å². The molecule has 0 saturated heterocycles. The summed E-state index contributed by atoms with van der Waals surface area (Å²) in [4.78, 5) is 0. The predicted molar refractivity (Wildman–Crippen MR) is 107 cm³/mol. The number of hydrogen-bond acceptors (Lipinski definition) is 0. The van der Waals surface area contributed by atoms with E-state index in [2.05, 4.69) is 95.6 Å². The van der Waals surface area contributed by atoms with Crippen LogP contribution in [0.4, 0.5) is 0 Å². The molecule has 0 unspecified atom stereocenters. The first-order valence-corrected chi connectivity index (χ1v) is 8.64. The first kappa shape index (κ1) is 13.0. The quantitative estimate of drug-likeness (QED) is 0.304. The Morgan fingerprint density at radius 1 is 0.600 bits per heavy atom. The zero-order chi connectivity index (χ0) is 16.4. The number of rotatable bonds is 0. The second-order valence-electron chi connectivity index (χ2n) is 6.65. The maximum absolute atomic E-state index is 2.43. The lowest BCUT2D eigenvalue weighted by atomic mass is 9.99. The summed E-state index contributed by atoms with van der Waals surface area (Å²) in [7, 11) is 0. The Kier molecular flexibility index (Phi) is 2.40. The maximum Gasteiger partial charge on any atom is 0.0620 e. The molecule has 1 aliphatic rings. The van der Waals surface area contributed by atoms with Crippen molar-refractivity contribution in [2.45, 2.75) is 0 Å². The van der Waals surface area contributed by atoms with Crippen molar-refractivity contribution in [2.75, 3.05) is 0 Å². The minimum atomic E-state index is 1.25. The number of nitrogens with zero attached hydrogens (tertiary/aromatic N) is 1. The Labute approximate surface area is 145 Å². The van der Waals surface area contributed by atoms with Gasteiger partial charge < -0.3 is 4.57 Å². The molecule has 2 heterocycles. The summed E-state index contributed by atoms with van der Waals surface area (Å²) in [5, 5.41) is 5.24. The van der Waals surface area contributed by atoms with Crippen LogP contribution in [0.25, 0.3) is 50.4 Å². The molecule has 0 atom stereocenters. The third kappa shape index (κ3) is 1.62. The number of hydrogen-bond donors (Lipinski definition) is 0. The average molecular weight is 317 g/mol. The molecule has 0 amide bonds. The monoisotopic (exact) mass is 317 g/mol. The molecule has 116 valence electrons. The summed E-state index contributed by atoms with van der Waals surface area (Å²) in [6.45, 7) is 0. The average Bonchev–Trinajstić information content (AvgIpc) is 2.88. The van der Waals surface area contributed by atoms with Gasteiger partial charge in [0.15, 0.2) is 0 Å². The van der Waals surface area contributed by atoms with Gasteiger partial charge in [0.1, 0.15) is 0 Å². The highest BCUT2D eigenvalue weighted by Crippen LogP contribution is 2.40. The molecular formula is C24H15N. The van der Waals surface area contributed by atoms with Crippen LogP contribution in [0.3, 0.4) is 0 Å². The van der Waals surface area contributed by atoms with Crippen molar-refractivity contribution in [3.8, 4) is 5.69 Å². The van der Waals surface area contributed by atoms with Crippen molar-refractivity contribution in [1.29, 1.82) is 0 Å². The summed E-state index contributed by atoms with van der Waals surface area (Å²) in [6.07, 6.45) is 4.53. The van der Waals surface area contributed by atoms with Gasteiger partial charge in [0, 0.05) is 16.3 Å². The number of fused-ring (bicyclic) bond motifs is 7. The van der Waals surface area contributed by atoms with Crippen LogP contribution in [0.1, 0.15) is 11.1 Å². The molecule has 1 aromatic heterocycles. The van der Waals surface area contributed by atoms with Crippen LogP contribution in [-0.2, 0) is 0 Å². The van der Waals surface area contributed by atoms with Crippen LogP contribution in [0, 0.1) is 0 Å². The molecular weight excluding hydrogens is 302 g/mol. The van der Waals surface area contributed by atoms with E-state index in [0.717, 1.165) is 0 Å². The highest BCUT2D eigenvalue weighted by atomic mass is 15.0. The van der Waals surface area contributed by atoms with Gasteiger partial charge in [-0.25, -0.2) is 0 Å². The van der Waals surface area contributed by atoms with Gasteiger partial charge in [-0.1, -0.05) is 72.8 Å². The van der Waals surface area contributed by atoms with E-state index in [9.17, 15) is 0 Å². The first-order chi connectivity index (χ1) is 12.4. The fraction of sp³-hybridized carbons (Fsp3) is 0. The Hall–Kier alpha value is -3.32. The van der Waals surface area contributed by atoms with Crippen molar-refractivity contribution in [3.05, 3.63) is 90.0 Å². The zero-order valence-electron chi connectivity index (χ0n) is 13.6. The van der Waals surface area contributed by atoms with Gasteiger partial charge in [0.05, 0.1) is 16.7 Å². The molecule has 1 nitrogen and oxygen atoms in total. The van der Waals surface area contributed by atoms with Crippen molar-refractivity contribution in [3.63, 3.8) is 0 Å². The largest absolute Gasteiger partial charge is 0.308 e. The van der Waals surface area contributed by atoms with E-state index in [4.69, 9.17) is 0 Å². The van der Waals surface area contributed by atoms with Gasteiger partial charge in [-0.15, -0.1) is 0 Å². The van der Waals surface area contributed by atoms with E-state index in [1.165, 1.54) is 49.4 Å². The second kappa shape index (κ2) is 4.61. The molecule has 6 rings (SSSR count). The summed E-state index contributed by atoms with van der Waals surface area (Å²) in [6, 6.07) is 28.4. The number of aromatic nitrogens is 1. The van der Waals surface area contributed by atoms with Crippen LogP contribution < -0.4 is 0 Å². The van der Waals surface area contributed by atoms with Crippen molar-refractivity contribution >= 4 is 44.7 Å².